The van der Waals surface area contributed by atoms with E-state index in [9.17, 15) is 14.4 Å². The maximum Gasteiger partial charge on any atom is 0.253 e. The molecule has 30 heavy (non-hydrogen) atoms. The Balaban J connectivity index is 1.49. The molecule has 3 amide bonds. The molecule has 3 rings (SSSR count). The lowest BCUT2D eigenvalue weighted by Crippen LogP contribution is -2.48. The number of amides is 3. The molecular formula is C24H35N3O3. The molecule has 1 unspecified atom stereocenters. The fraction of sp³-hybridized carbons (Fsp3) is 0.625. The van der Waals surface area contributed by atoms with Gasteiger partial charge in [-0.2, -0.15) is 0 Å². The highest BCUT2D eigenvalue weighted by Crippen LogP contribution is 2.24. The molecule has 2 heterocycles. The van der Waals surface area contributed by atoms with Gasteiger partial charge in [0.05, 0.1) is 5.92 Å². The summed E-state index contributed by atoms with van der Waals surface area (Å²) in [6.07, 6.45) is 1.78. The minimum absolute atomic E-state index is 0.0333. The van der Waals surface area contributed by atoms with Gasteiger partial charge >= 0.3 is 0 Å². The average Bonchev–Trinajstić information content (AvgIpc) is 3.10. The summed E-state index contributed by atoms with van der Waals surface area (Å²) in [6, 6.07) is 8.07. The molecule has 6 heteroatoms. The number of carbonyl (C=O) groups is 3. The molecule has 2 aliphatic rings. The molecule has 1 aromatic carbocycles. The van der Waals surface area contributed by atoms with Crippen LogP contribution in [0.2, 0.25) is 0 Å². The van der Waals surface area contributed by atoms with Crippen molar-refractivity contribution < 1.29 is 14.4 Å². The maximum absolute atomic E-state index is 12.8. The molecule has 2 aliphatic heterocycles. The van der Waals surface area contributed by atoms with Crippen LogP contribution in [0.25, 0.3) is 0 Å². The number of carbonyl (C=O) groups excluding carboxylic acids is 3. The summed E-state index contributed by atoms with van der Waals surface area (Å²) in [6.45, 7) is 12.2. The number of nitrogens with one attached hydrogen (secondary N) is 1. The van der Waals surface area contributed by atoms with Gasteiger partial charge in [0.15, 0.2) is 0 Å². The van der Waals surface area contributed by atoms with Crippen molar-refractivity contribution >= 4 is 17.7 Å². The monoisotopic (exact) mass is 413 g/mol. The Labute approximate surface area is 180 Å². The smallest absolute Gasteiger partial charge is 0.253 e. The van der Waals surface area contributed by atoms with E-state index in [-0.39, 0.29) is 41.1 Å². The first-order valence-electron chi connectivity index (χ1n) is 11.1. The standard InChI is InChI=1S/C24H35N3O3/c1-16(2)27-15-18(14-21(27)28)22(29)25-20-10-12-26(13-11-20)23(30)17-6-8-19(9-7-17)24(3,4)5/h6-9,16,18,20H,10-15H2,1-5H3,(H,25,29). The molecule has 0 aromatic heterocycles. The van der Waals surface area contributed by atoms with Gasteiger partial charge in [0.1, 0.15) is 0 Å². The van der Waals surface area contributed by atoms with Crippen molar-refractivity contribution in [1.29, 1.82) is 0 Å². The second-order valence-electron chi connectivity index (χ2n) is 9.94. The Kier molecular flexibility index (Phi) is 6.53. The summed E-state index contributed by atoms with van der Waals surface area (Å²) >= 11 is 0. The number of nitrogens with zero attached hydrogens (tertiary/aromatic N) is 2. The Morgan fingerprint density at radius 2 is 1.67 bits per heavy atom. The van der Waals surface area contributed by atoms with E-state index in [1.54, 1.807) is 4.90 Å². The highest BCUT2D eigenvalue weighted by atomic mass is 16.2. The SMILES string of the molecule is CC(C)N1CC(C(=O)NC2CCN(C(=O)c3ccc(C(C)(C)C)cc3)CC2)CC1=O. The van der Waals surface area contributed by atoms with Crippen LogP contribution in [0.15, 0.2) is 24.3 Å². The number of rotatable bonds is 4. The topological polar surface area (TPSA) is 69.7 Å². The largest absolute Gasteiger partial charge is 0.353 e. The first kappa shape index (κ1) is 22.3. The van der Waals surface area contributed by atoms with Crippen LogP contribution in [0.5, 0.6) is 0 Å². The fourth-order valence-electron chi connectivity index (χ4n) is 4.25. The zero-order chi connectivity index (χ0) is 22.1. The van der Waals surface area contributed by atoms with Crippen LogP contribution >= 0.6 is 0 Å². The van der Waals surface area contributed by atoms with E-state index in [0.717, 1.165) is 12.8 Å². The van der Waals surface area contributed by atoms with Crippen LogP contribution in [0.3, 0.4) is 0 Å². The van der Waals surface area contributed by atoms with Gasteiger partial charge < -0.3 is 15.1 Å². The van der Waals surface area contributed by atoms with Crippen LogP contribution in [-0.2, 0) is 15.0 Å². The van der Waals surface area contributed by atoms with Crippen LogP contribution in [-0.4, -0.2) is 59.2 Å². The summed E-state index contributed by atoms with van der Waals surface area (Å²) in [5, 5.41) is 3.11. The summed E-state index contributed by atoms with van der Waals surface area (Å²) in [4.78, 5) is 41.1. The van der Waals surface area contributed by atoms with Gasteiger partial charge in [0.25, 0.3) is 5.91 Å². The van der Waals surface area contributed by atoms with Crippen LogP contribution in [0.1, 0.15) is 69.8 Å². The highest BCUT2D eigenvalue weighted by Gasteiger charge is 2.36. The number of piperidine rings is 1. The van der Waals surface area contributed by atoms with Crippen molar-refractivity contribution in [1.82, 2.24) is 15.1 Å². The minimum Gasteiger partial charge on any atom is -0.353 e. The van der Waals surface area contributed by atoms with Crippen molar-refractivity contribution in [3.63, 3.8) is 0 Å². The molecule has 2 fully saturated rings. The third-order valence-corrected chi connectivity index (χ3v) is 6.28. The lowest BCUT2D eigenvalue weighted by molar-refractivity contribution is -0.130. The molecule has 164 valence electrons. The lowest BCUT2D eigenvalue weighted by Gasteiger charge is -2.33. The second kappa shape index (κ2) is 8.78. The molecule has 0 radical (unpaired) electrons. The third kappa shape index (κ3) is 5.02. The second-order valence-corrected chi connectivity index (χ2v) is 9.94. The predicted molar refractivity (Wildman–Crippen MR) is 117 cm³/mol. The number of hydrogen-bond acceptors (Lipinski definition) is 3. The first-order chi connectivity index (χ1) is 14.1. The third-order valence-electron chi connectivity index (χ3n) is 6.28. The molecule has 0 bridgehead atoms. The zero-order valence-electron chi connectivity index (χ0n) is 18.9. The van der Waals surface area contributed by atoms with E-state index in [1.165, 1.54) is 5.56 Å². The summed E-state index contributed by atoms with van der Waals surface area (Å²) in [7, 11) is 0. The molecule has 6 nitrogen and oxygen atoms in total. The van der Waals surface area contributed by atoms with Gasteiger partial charge in [0, 0.05) is 43.7 Å². The molecule has 1 atom stereocenters. The maximum atomic E-state index is 12.8. The summed E-state index contributed by atoms with van der Waals surface area (Å²) < 4.78 is 0. The Hall–Kier alpha value is -2.37. The van der Waals surface area contributed by atoms with Crippen molar-refractivity contribution in [2.45, 2.75) is 71.4 Å². The molecule has 0 aliphatic carbocycles. The Morgan fingerprint density at radius 1 is 1.07 bits per heavy atom. The van der Waals surface area contributed by atoms with Gasteiger partial charge in [-0.25, -0.2) is 0 Å². The highest BCUT2D eigenvalue weighted by molar-refractivity contribution is 5.94. The number of benzene rings is 1. The fourth-order valence-corrected chi connectivity index (χ4v) is 4.25. The molecular weight excluding hydrogens is 378 g/mol. The Bertz CT molecular complexity index is 787. The van der Waals surface area contributed by atoms with E-state index in [0.29, 0.717) is 31.6 Å². The normalized spacial score (nSPS) is 20.7. The van der Waals surface area contributed by atoms with Gasteiger partial charge in [-0.1, -0.05) is 32.9 Å². The summed E-state index contributed by atoms with van der Waals surface area (Å²) in [5.41, 5.74) is 1.99. The van der Waals surface area contributed by atoms with E-state index in [4.69, 9.17) is 0 Å². The van der Waals surface area contributed by atoms with Crippen LogP contribution in [0, 0.1) is 5.92 Å². The van der Waals surface area contributed by atoms with E-state index < -0.39 is 0 Å². The lowest BCUT2D eigenvalue weighted by atomic mass is 9.86. The number of likely N-dealkylation sites (tertiary alicyclic amines) is 2. The van der Waals surface area contributed by atoms with Gasteiger partial charge in [0.2, 0.25) is 11.8 Å². The van der Waals surface area contributed by atoms with Crippen LogP contribution < -0.4 is 5.32 Å². The molecule has 0 spiro atoms. The Morgan fingerprint density at radius 3 is 2.17 bits per heavy atom. The average molecular weight is 414 g/mol. The van der Waals surface area contributed by atoms with Crippen molar-refractivity contribution in [3.05, 3.63) is 35.4 Å². The quantitative estimate of drug-likeness (QED) is 0.825. The van der Waals surface area contributed by atoms with E-state index in [2.05, 4.69) is 26.1 Å². The molecule has 1 aromatic rings. The zero-order valence-corrected chi connectivity index (χ0v) is 18.9. The number of hydrogen-bond donors (Lipinski definition) is 1. The van der Waals surface area contributed by atoms with Crippen LogP contribution in [0.4, 0.5) is 0 Å². The van der Waals surface area contributed by atoms with E-state index >= 15 is 0 Å². The van der Waals surface area contributed by atoms with Crippen molar-refractivity contribution in [3.8, 4) is 0 Å². The van der Waals surface area contributed by atoms with Crippen molar-refractivity contribution in [2.24, 2.45) is 5.92 Å². The minimum atomic E-state index is -0.263. The molecule has 0 saturated carbocycles. The van der Waals surface area contributed by atoms with Gasteiger partial charge in [-0.15, -0.1) is 0 Å². The van der Waals surface area contributed by atoms with Gasteiger partial charge in [-0.05, 0) is 49.8 Å². The van der Waals surface area contributed by atoms with E-state index in [1.807, 2.05) is 43.0 Å². The summed E-state index contributed by atoms with van der Waals surface area (Å²) in [5.74, 6) is -0.188. The first-order valence-corrected chi connectivity index (χ1v) is 11.1. The molecule has 2 saturated heterocycles. The molecule has 1 N–H and O–H groups in total. The van der Waals surface area contributed by atoms with Gasteiger partial charge in [-0.3, -0.25) is 14.4 Å². The van der Waals surface area contributed by atoms with Crippen molar-refractivity contribution in [2.75, 3.05) is 19.6 Å². The predicted octanol–water partition coefficient (Wildman–Crippen LogP) is 2.96.